The van der Waals surface area contributed by atoms with E-state index < -0.39 is 11.4 Å². The largest absolute Gasteiger partial charge is 0.481 e. The smallest absolute Gasteiger partial charge is 0.310 e. The van der Waals surface area contributed by atoms with Crippen molar-refractivity contribution in [1.82, 2.24) is 9.80 Å². The monoisotopic (exact) mass is 278 g/mol. The molecule has 5 heteroatoms. The molecule has 1 heterocycles. The summed E-state index contributed by atoms with van der Waals surface area (Å²) < 4.78 is 0. The Kier molecular flexibility index (Phi) is 4.66. The molecule has 0 bridgehead atoms. The van der Waals surface area contributed by atoms with Crippen LogP contribution in [-0.4, -0.2) is 59.5 Å². The van der Waals surface area contributed by atoms with Gasteiger partial charge in [0.1, 0.15) is 0 Å². The number of terminal acetylenes is 1. The van der Waals surface area contributed by atoms with E-state index in [0.29, 0.717) is 32.5 Å². The number of amides is 1. The maximum absolute atomic E-state index is 12.3. The summed E-state index contributed by atoms with van der Waals surface area (Å²) in [5.41, 5.74) is -0.812. The fraction of sp³-hybridized carbons (Fsp3) is 0.733. The number of nitrogens with zero attached hydrogens (tertiary/aromatic N) is 2. The third-order valence-electron chi connectivity index (χ3n) is 4.54. The average molecular weight is 278 g/mol. The summed E-state index contributed by atoms with van der Waals surface area (Å²) in [5.74, 6) is 1.78. The van der Waals surface area contributed by atoms with Crippen molar-refractivity contribution in [2.24, 2.45) is 5.41 Å². The lowest BCUT2D eigenvalue weighted by molar-refractivity contribution is -0.153. The first-order chi connectivity index (χ1) is 9.57. The number of carbonyl (C=O) groups is 2. The lowest BCUT2D eigenvalue weighted by Crippen LogP contribution is -2.50. The Morgan fingerprint density at radius 3 is 2.25 bits per heavy atom. The number of hydrogen-bond acceptors (Lipinski definition) is 3. The molecule has 0 aromatic heterocycles. The molecule has 0 aromatic rings. The van der Waals surface area contributed by atoms with Gasteiger partial charge in [-0.25, -0.2) is 0 Å². The molecule has 1 saturated carbocycles. The van der Waals surface area contributed by atoms with Gasteiger partial charge in [0.15, 0.2) is 0 Å². The van der Waals surface area contributed by atoms with Crippen LogP contribution >= 0.6 is 0 Å². The highest BCUT2D eigenvalue weighted by molar-refractivity contribution is 5.85. The van der Waals surface area contributed by atoms with Gasteiger partial charge < -0.3 is 10.0 Å². The molecule has 1 amide bonds. The SMILES string of the molecule is C#CCN1CCN(C(=O)CC2(C(=O)O)CCCC2)CC1. The number of carboxylic acid groups (broad SMARTS) is 1. The first-order valence-electron chi connectivity index (χ1n) is 7.24. The molecule has 0 radical (unpaired) electrons. The topological polar surface area (TPSA) is 60.9 Å². The molecule has 2 rings (SSSR count). The van der Waals surface area contributed by atoms with Gasteiger partial charge in [0, 0.05) is 32.6 Å². The Morgan fingerprint density at radius 1 is 1.15 bits per heavy atom. The number of hydrogen-bond donors (Lipinski definition) is 1. The summed E-state index contributed by atoms with van der Waals surface area (Å²) in [6.45, 7) is 3.46. The molecule has 20 heavy (non-hydrogen) atoms. The molecule has 1 aliphatic heterocycles. The quantitative estimate of drug-likeness (QED) is 0.773. The van der Waals surface area contributed by atoms with E-state index in [4.69, 9.17) is 6.42 Å². The zero-order valence-electron chi connectivity index (χ0n) is 11.8. The molecule has 110 valence electrons. The minimum absolute atomic E-state index is 0.0188. The number of carbonyl (C=O) groups excluding carboxylic acids is 1. The second kappa shape index (κ2) is 6.27. The fourth-order valence-corrected chi connectivity index (χ4v) is 3.20. The maximum Gasteiger partial charge on any atom is 0.310 e. The fourth-order valence-electron chi connectivity index (χ4n) is 3.20. The Labute approximate surface area is 119 Å². The van der Waals surface area contributed by atoms with Gasteiger partial charge in [-0.1, -0.05) is 18.8 Å². The van der Waals surface area contributed by atoms with E-state index in [2.05, 4.69) is 10.8 Å². The standard InChI is InChI=1S/C15H22N2O3/c1-2-7-16-8-10-17(11-9-16)13(18)12-15(14(19)20)5-3-4-6-15/h1H,3-12H2,(H,19,20). The summed E-state index contributed by atoms with van der Waals surface area (Å²) in [5, 5.41) is 9.42. The zero-order chi connectivity index (χ0) is 14.6. The number of rotatable bonds is 4. The highest BCUT2D eigenvalue weighted by Crippen LogP contribution is 2.41. The van der Waals surface area contributed by atoms with E-state index in [1.165, 1.54) is 0 Å². The molecular formula is C15H22N2O3. The van der Waals surface area contributed by atoms with Gasteiger partial charge in [-0.2, -0.15) is 0 Å². The number of piperazine rings is 1. The van der Waals surface area contributed by atoms with Gasteiger partial charge in [-0.05, 0) is 12.8 Å². The van der Waals surface area contributed by atoms with Crippen LogP contribution in [0, 0.1) is 17.8 Å². The molecule has 5 nitrogen and oxygen atoms in total. The van der Waals surface area contributed by atoms with Crippen molar-refractivity contribution in [3.05, 3.63) is 0 Å². The molecule has 2 fully saturated rings. The van der Waals surface area contributed by atoms with Crippen LogP contribution in [0.5, 0.6) is 0 Å². The van der Waals surface area contributed by atoms with Crippen molar-refractivity contribution in [3.8, 4) is 12.3 Å². The lowest BCUT2D eigenvalue weighted by Gasteiger charge is -2.35. The van der Waals surface area contributed by atoms with Crippen LogP contribution in [-0.2, 0) is 9.59 Å². The molecule has 1 aliphatic carbocycles. The van der Waals surface area contributed by atoms with Gasteiger partial charge in [0.25, 0.3) is 0 Å². The van der Waals surface area contributed by atoms with Crippen molar-refractivity contribution >= 4 is 11.9 Å². The minimum atomic E-state index is -0.812. The van der Waals surface area contributed by atoms with Crippen LogP contribution in [0.15, 0.2) is 0 Å². The molecule has 0 atom stereocenters. The predicted molar refractivity (Wildman–Crippen MR) is 75.0 cm³/mol. The Balaban J connectivity index is 1.89. The first kappa shape index (κ1) is 14.9. The van der Waals surface area contributed by atoms with E-state index in [1.54, 1.807) is 4.90 Å². The normalized spacial score (nSPS) is 22.4. The van der Waals surface area contributed by atoms with E-state index in [9.17, 15) is 14.7 Å². The molecule has 0 aromatic carbocycles. The third kappa shape index (κ3) is 3.13. The molecule has 0 unspecified atom stereocenters. The minimum Gasteiger partial charge on any atom is -0.481 e. The van der Waals surface area contributed by atoms with Gasteiger partial charge in [-0.15, -0.1) is 6.42 Å². The van der Waals surface area contributed by atoms with E-state index in [1.807, 2.05) is 0 Å². The molecule has 1 N–H and O–H groups in total. The van der Waals surface area contributed by atoms with Crippen LogP contribution in [0.1, 0.15) is 32.1 Å². The van der Waals surface area contributed by atoms with Crippen molar-refractivity contribution in [1.29, 1.82) is 0 Å². The van der Waals surface area contributed by atoms with Crippen LogP contribution in [0.4, 0.5) is 0 Å². The second-order valence-corrected chi connectivity index (χ2v) is 5.83. The van der Waals surface area contributed by atoms with Crippen LogP contribution in [0.3, 0.4) is 0 Å². The number of aliphatic carboxylic acids is 1. The van der Waals surface area contributed by atoms with Crippen LogP contribution in [0.2, 0.25) is 0 Å². The highest BCUT2D eigenvalue weighted by atomic mass is 16.4. The average Bonchev–Trinajstić information content (AvgIpc) is 2.90. The summed E-state index contributed by atoms with van der Waals surface area (Å²) in [6.07, 6.45) is 8.51. The maximum atomic E-state index is 12.3. The Morgan fingerprint density at radius 2 is 1.75 bits per heavy atom. The molecule has 1 saturated heterocycles. The molecule has 0 spiro atoms. The van der Waals surface area contributed by atoms with Gasteiger partial charge in [0.2, 0.25) is 5.91 Å². The zero-order valence-corrected chi connectivity index (χ0v) is 11.8. The molecular weight excluding hydrogens is 256 g/mol. The van der Waals surface area contributed by atoms with E-state index >= 15 is 0 Å². The van der Waals surface area contributed by atoms with E-state index in [0.717, 1.165) is 25.9 Å². The summed E-state index contributed by atoms with van der Waals surface area (Å²) in [6, 6.07) is 0. The van der Waals surface area contributed by atoms with Crippen molar-refractivity contribution in [2.75, 3.05) is 32.7 Å². The van der Waals surface area contributed by atoms with E-state index in [-0.39, 0.29) is 12.3 Å². The van der Waals surface area contributed by atoms with Gasteiger partial charge in [0.05, 0.1) is 12.0 Å². The molecule has 2 aliphatic rings. The summed E-state index contributed by atoms with van der Waals surface area (Å²) >= 11 is 0. The van der Waals surface area contributed by atoms with Gasteiger partial charge in [-0.3, -0.25) is 14.5 Å². The van der Waals surface area contributed by atoms with Crippen molar-refractivity contribution in [2.45, 2.75) is 32.1 Å². The summed E-state index contributed by atoms with van der Waals surface area (Å²) in [7, 11) is 0. The Hall–Kier alpha value is -1.54. The van der Waals surface area contributed by atoms with Crippen LogP contribution in [0.25, 0.3) is 0 Å². The lowest BCUT2D eigenvalue weighted by atomic mass is 9.82. The van der Waals surface area contributed by atoms with Gasteiger partial charge >= 0.3 is 5.97 Å². The summed E-state index contributed by atoms with van der Waals surface area (Å²) in [4.78, 5) is 27.7. The first-order valence-corrected chi connectivity index (χ1v) is 7.24. The van der Waals surface area contributed by atoms with Crippen molar-refractivity contribution in [3.63, 3.8) is 0 Å². The number of carboxylic acids is 1. The Bertz CT molecular complexity index is 413. The van der Waals surface area contributed by atoms with Crippen LogP contribution < -0.4 is 0 Å². The third-order valence-corrected chi connectivity index (χ3v) is 4.54. The van der Waals surface area contributed by atoms with Crippen molar-refractivity contribution < 1.29 is 14.7 Å². The highest BCUT2D eigenvalue weighted by Gasteiger charge is 2.43. The second-order valence-electron chi connectivity index (χ2n) is 5.83. The predicted octanol–water partition coefficient (Wildman–Crippen LogP) is 0.799.